The average Bonchev–Trinajstić information content (AvgIpc) is 3.49. The first kappa shape index (κ1) is 26.2. The Morgan fingerprint density at radius 3 is 2.49 bits per heavy atom. The second-order valence-electron chi connectivity index (χ2n) is 8.57. The van der Waals surface area contributed by atoms with E-state index in [1.807, 2.05) is 68.4 Å². The molecule has 192 valence electrons. The van der Waals surface area contributed by atoms with Crippen LogP contribution in [0.3, 0.4) is 0 Å². The van der Waals surface area contributed by atoms with E-state index in [2.05, 4.69) is 34.0 Å². The lowest BCUT2D eigenvalue weighted by molar-refractivity contribution is -0.779. The fourth-order valence-electron chi connectivity index (χ4n) is 3.75. The number of para-hydroxylation sites is 1. The Bertz CT molecular complexity index is 1310. The molecule has 37 heavy (non-hydrogen) atoms. The Kier molecular flexibility index (Phi) is 8.39. The summed E-state index contributed by atoms with van der Waals surface area (Å²) >= 11 is 1.15. The standard InChI is InChI=1S/C27H30N6O3S/c1-5-31(6-2)21-14-12-20(13-15-21)16-23-26(35)33(22-10-8-7-9-11-22)27(28-23)37-18-24(34)29-25-17-32(19(3)4)30-36-25/h7-17,19H,5-6,18H2,1-4H3/b23-16+. The first-order valence-corrected chi connectivity index (χ1v) is 13.2. The van der Waals surface area contributed by atoms with Gasteiger partial charge in [-0.1, -0.05) is 42.1 Å². The van der Waals surface area contributed by atoms with Crippen LogP contribution in [-0.2, 0) is 4.79 Å². The summed E-state index contributed by atoms with van der Waals surface area (Å²) in [5.74, 6) is -0.537. The van der Waals surface area contributed by atoms with Gasteiger partial charge in [-0.25, -0.2) is 9.98 Å². The van der Waals surface area contributed by atoms with Gasteiger partial charge >= 0.3 is 5.88 Å². The van der Waals surface area contributed by atoms with Crippen LogP contribution in [0.1, 0.15) is 39.3 Å². The zero-order chi connectivity index (χ0) is 26.4. The molecule has 0 saturated heterocycles. The maximum Gasteiger partial charge on any atom is 0.320 e. The lowest BCUT2D eigenvalue weighted by Gasteiger charge is -2.20. The van der Waals surface area contributed by atoms with E-state index in [0.29, 0.717) is 16.6 Å². The molecule has 0 unspecified atom stereocenters. The van der Waals surface area contributed by atoms with E-state index in [0.717, 1.165) is 36.1 Å². The number of hydrogen-bond acceptors (Lipinski definition) is 8. The largest absolute Gasteiger partial charge is 0.861 e. The van der Waals surface area contributed by atoms with Gasteiger partial charge in [0.05, 0.1) is 5.69 Å². The number of benzene rings is 2. The minimum absolute atomic E-state index is 0.0102. The lowest BCUT2D eigenvalue weighted by atomic mass is 10.1. The first-order chi connectivity index (χ1) is 17.9. The van der Waals surface area contributed by atoms with Crippen LogP contribution in [0.4, 0.5) is 17.3 Å². The van der Waals surface area contributed by atoms with Crippen LogP contribution in [0.25, 0.3) is 6.08 Å². The summed E-state index contributed by atoms with van der Waals surface area (Å²) < 4.78 is 6.69. The van der Waals surface area contributed by atoms with Gasteiger partial charge in [-0.3, -0.25) is 14.2 Å². The van der Waals surface area contributed by atoms with E-state index in [1.54, 1.807) is 17.0 Å². The van der Waals surface area contributed by atoms with E-state index < -0.39 is 5.90 Å². The third-order valence-electron chi connectivity index (χ3n) is 5.73. The number of aliphatic imine (C=N–C) groups is 2. The maximum absolute atomic E-state index is 13.4. The summed E-state index contributed by atoms with van der Waals surface area (Å²) in [6.07, 6.45) is 3.34. The predicted octanol–water partition coefficient (Wildman–Crippen LogP) is 3.96. The maximum atomic E-state index is 13.4. The molecule has 0 N–H and O–H groups in total. The molecule has 0 spiro atoms. The molecule has 3 aromatic rings. The second-order valence-corrected chi connectivity index (χ2v) is 9.51. The number of carbonyl (C=O) groups is 1. The number of anilines is 2. The van der Waals surface area contributed by atoms with Crippen LogP contribution in [0, 0.1) is 0 Å². The summed E-state index contributed by atoms with van der Waals surface area (Å²) in [6.45, 7) is 9.98. The van der Waals surface area contributed by atoms with Crippen molar-refractivity contribution in [3.05, 3.63) is 72.1 Å². The topological polar surface area (TPSA) is 101 Å². The molecule has 0 fully saturated rings. The molecule has 10 heteroatoms. The summed E-state index contributed by atoms with van der Waals surface area (Å²) in [7, 11) is 0. The monoisotopic (exact) mass is 518 g/mol. The normalized spacial score (nSPS) is 15.1. The molecule has 1 amide bonds. The minimum atomic E-state index is -0.412. The fourth-order valence-corrected chi connectivity index (χ4v) is 4.55. The van der Waals surface area contributed by atoms with Gasteiger partial charge in [-0.15, -0.1) is 0 Å². The van der Waals surface area contributed by atoms with E-state index in [9.17, 15) is 9.90 Å². The number of aromatic nitrogens is 2. The minimum Gasteiger partial charge on any atom is -0.861 e. The molecule has 0 bridgehead atoms. The number of nitrogens with zero attached hydrogens (tertiary/aromatic N) is 6. The van der Waals surface area contributed by atoms with Gasteiger partial charge in [-0.2, -0.15) is 0 Å². The van der Waals surface area contributed by atoms with E-state index in [-0.39, 0.29) is 23.6 Å². The van der Waals surface area contributed by atoms with Crippen LogP contribution in [0.2, 0.25) is 0 Å². The lowest BCUT2D eigenvalue weighted by Crippen LogP contribution is -2.36. The molecular formula is C27H30N6O3S. The van der Waals surface area contributed by atoms with Gasteiger partial charge in [0, 0.05) is 24.5 Å². The third-order valence-corrected chi connectivity index (χ3v) is 6.65. The first-order valence-electron chi connectivity index (χ1n) is 12.2. The van der Waals surface area contributed by atoms with E-state index in [4.69, 9.17) is 4.52 Å². The predicted molar refractivity (Wildman–Crippen MR) is 146 cm³/mol. The third kappa shape index (κ3) is 6.26. The van der Waals surface area contributed by atoms with Crippen LogP contribution < -0.4 is 19.6 Å². The van der Waals surface area contributed by atoms with Crippen molar-refractivity contribution < 1.29 is 19.1 Å². The quantitative estimate of drug-likeness (QED) is 0.184. The summed E-state index contributed by atoms with van der Waals surface area (Å²) in [5.41, 5.74) is 2.98. The van der Waals surface area contributed by atoms with E-state index in [1.165, 1.54) is 4.90 Å². The highest BCUT2D eigenvalue weighted by molar-refractivity contribution is 8.14. The van der Waals surface area contributed by atoms with Gasteiger partial charge < -0.3 is 10.0 Å². The number of hydrogen-bond donors (Lipinski definition) is 0. The summed E-state index contributed by atoms with van der Waals surface area (Å²) in [6, 6.07) is 17.4. The average molecular weight is 519 g/mol. The van der Waals surface area contributed by atoms with Crippen LogP contribution >= 0.6 is 11.8 Å². The number of thioether (sulfide) groups is 1. The molecule has 2 aromatic carbocycles. The smallest absolute Gasteiger partial charge is 0.320 e. The number of amidine groups is 1. The van der Waals surface area contributed by atoms with Crippen LogP contribution in [-0.4, -0.2) is 41.1 Å². The Morgan fingerprint density at radius 2 is 1.86 bits per heavy atom. The van der Waals surface area contributed by atoms with Crippen molar-refractivity contribution in [1.29, 1.82) is 0 Å². The number of carbonyl (C=O) groups excluding carboxylic acids is 1. The molecule has 2 heterocycles. The van der Waals surface area contributed by atoms with E-state index >= 15 is 0 Å². The van der Waals surface area contributed by atoms with Crippen LogP contribution in [0.15, 0.2) is 81.0 Å². The van der Waals surface area contributed by atoms with Crippen LogP contribution in [0.5, 0.6) is 0 Å². The van der Waals surface area contributed by atoms with Crippen molar-refractivity contribution in [1.82, 2.24) is 5.27 Å². The van der Waals surface area contributed by atoms with Gasteiger partial charge in [0.2, 0.25) is 5.27 Å². The molecule has 9 nitrogen and oxygen atoms in total. The Balaban J connectivity index is 1.56. The highest BCUT2D eigenvalue weighted by Gasteiger charge is 2.31. The fraction of sp³-hybridized carbons (Fsp3) is 0.296. The van der Waals surface area contributed by atoms with Crippen molar-refractivity contribution >= 4 is 52.1 Å². The molecule has 0 saturated carbocycles. The van der Waals surface area contributed by atoms with Gasteiger partial charge in [0.15, 0.2) is 11.2 Å². The Morgan fingerprint density at radius 1 is 1.16 bits per heavy atom. The van der Waals surface area contributed by atoms with Crippen molar-refractivity contribution in [2.24, 2.45) is 9.98 Å². The molecule has 1 aliphatic heterocycles. The van der Waals surface area contributed by atoms with Crippen molar-refractivity contribution in [3.8, 4) is 0 Å². The highest BCUT2D eigenvalue weighted by Crippen LogP contribution is 2.29. The number of amides is 1. The molecular weight excluding hydrogens is 488 g/mol. The summed E-state index contributed by atoms with van der Waals surface area (Å²) in [4.78, 5) is 25.7. The van der Waals surface area contributed by atoms with Gasteiger partial charge in [0.1, 0.15) is 5.70 Å². The number of rotatable bonds is 9. The van der Waals surface area contributed by atoms with Gasteiger partial charge in [0.25, 0.3) is 12.1 Å². The Labute approximate surface area is 220 Å². The zero-order valence-electron chi connectivity index (χ0n) is 21.4. The SMILES string of the molecule is CCN(CC)c1ccc(/C=C2/N=C(SC/C([O-])=N\c3c[n+](C(C)C)no3)N(c3ccccc3)C2=O)cc1. The molecule has 0 radical (unpaired) electrons. The highest BCUT2D eigenvalue weighted by atomic mass is 32.2. The molecule has 0 aliphatic carbocycles. The van der Waals surface area contributed by atoms with Crippen molar-refractivity contribution in [2.75, 3.05) is 28.6 Å². The van der Waals surface area contributed by atoms with Crippen molar-refractivity contribution in [2.45, 2.75) is 33.7 Å². The molecule has 0 atom stereocenters. The second kappa shape index (κ2) is 11.9. The Hall–Kier alpha value is -3.92. The summed E-state index contributed by atoms with van der Waals surface area (Å²) in [5, 5.41) is 16.8. The molecule has 1 aliphatic rings. The molecule has 1 aromatic heterocycles. The zero-order valence-corrected chi connectivity index (χ0v) is 22.2. The van der Waals surface area contributed by atoms with Gasteiger partial charge in [-0.05, 0) is 74.2 Å². The molecule has 4 rings (SSSR count). The van der Waals surface area contributed by atoms with Crippen molar-refractivity contribution in [3.63, 3.8) is 0 Å².